The molecule has 1 N–H and O–H groups in total. The van der Waals surface area contributed by atoms with Crippen LogP contribution in [-0.2, 0) is 17.8 Å². The minimum Gasteiger partial charge on any atom is -0.454 e. The van der Waals surface area contributed by atoms with Crippen molar-refractivity contribution in [2.45, 2.75) is 68.4 Å². The summed E-state index contributed by atoms with van der Waals surface area (Å²) >= 11 is 3.24. The fourth-order valence-corrected chi connectivity index (χ4v) is 6.04. The van der Waals surface area contributed by atoms with E-state index in [1.807, 2.05) is 25.1 Å². The van der Waals surface area contributed by atoms with Crippen LogP contribution in [0.5, 0.6) is 11.5 Å². The molecule has 1 saturated carbocycles. The van der Waals surface area contributed by atoms with Crippen molar-refractivity contribution in [2.24, 2.45) is 0 Å². The van der Waals surface area contributed by atoms with Crippen LogP contribution < -0.4 is 14.8 Å². The lowest BCUT2D eigenvalue weighted by Gasteiger charge is -2.26. The van der Waals surface area contributed by atoms with Crippen LogP contribution in [0.25, 0.3) is 0 Å². The highest BCUT2D eigenvalue weighted by atomic mass is 32.2. The largest absolute Gasteiger partial charge is 0.454 e. The first-order valence-electron chi connectivity index (χ1n) is 11.5. The molecule has 1 aromatic carbocycles. The molecule has 33 heavy (non-hydrogen) atoms. The molecule has 0 radical (unpaired) electrons. The molecule has 2 aromatic heterocycles. The zero-order valence-electron chi connectivity index (χ0n) is 18.7. The molecule has 3 heterocycles. The van der Waals surface area contributed by atoms with Crippen LogP contribution in [0.1, 0.15) is 61.3 Å². The Balaban J connectivity index is 1.26. The van der Waals surface area contributed by atoms with E-state index in [0.29, 0.717) is 12.6 Å². The van der Waals surface area contributed by atoms with Crippen molar-refractivity contribution < 1.29 is 14.3 Å². The number of carbonyl (C=O) groups is 1. The van der Waals surface area contributed by atoms with E-state index in [2.05, 4.69) is 37.6 Å². The number of nitrogens with zero attached hydrogens (tertiary/aromatic N) is 3. The summed E-state index contributed by atoms with van der Waals surface area (Å²) in [4.78, 5) is 14.1. The smallest absolute Gasteiger partial charge is 0.233 e. The molecule has 2 aliphatic rings. The summed E-state index contributed by atoms with van der Waals surface area (Å²) in [5.74, 6) is 2.45. The Bertz CT molecular complexity index is 1090. The molecule has 174 valence electrons. The third kappa shape index (κ3) is 5.19. The summed E-state index contributed by atoms with van der Waals surface area (Å²) in [7, 11) is 0. The van der Waals surface area contributed by atoms with Gasteiger partial charge in [0.2, 0.25) is 12.7 Å². The molecule has 7 nitrogen and oxygen atoms in total. The predicted octanol–water partition coefficient (Wildman–Crippen LogP) is 4.96. The van der Waals surface area contributed by atoms with Gasteiger partial charge in [-0.15, -0.1) is 21.5 Å². The minimum atomic E-state index is -0.278. The number of aromatic nitrogens is 3. The lowest BCUT2D eigenvalue weighted by Crippen LogP contribution is -2.30. The molecule has 9 heteroatoms. The third-order valence-electron chi connectivity index (χ3n) is 6.14. The summed E-state index contributed by atoms with van der Waals surface area (Å²) in [6.07, 6.45) is 6.84. The van der Waals surface area contributed by atoms with Gasteiger partial charge in [-0.3, -0.25) is 4.79 Å². The molecule has 1 fully saturated rings. The Labute approximate surface area is 201 Å². The van der Waals surface area contributed by atoms with Gasteiger partial charge >= 0.3 is 0 Å². The number of hydrogen-bond donors (Lipinski definition) is 1. The summed E-state index contributed by atoms with van der Waals surface area (Å²) in [6, 6.07) is 10.4. The number of benzene rings is 1. The van der Waals surface area contributed by atoms with Crippen LogP contribution in [0, 0.1) is 0 Å². The highest BCUT2D eigenvalue weighted by molar-refractivity contribution is 8.00. The zero-order chi connectivity index (χ0) is 22.6. The van der Waals surface area contributed by atoms with Crippen molar-refractivity contribution in [3.63, 3.8) is 0 Å². The summed E-state index contributed by atoms with van der Waals surface area (Å²) in [5, 5.41) is 14.8. The van der Waals surface area contributed by atoms with E-state index >= 15 is 0 Å². The summed E-state index contributed by atoms with van der Waals surface area (Å²) < 4.78 is 13.1. The lowest BCUT2D eigenvalue weighted by atomic mass is 9.95. The summed E-state index contributed by atoms with van der Waals surface area (Å²) in [5.41, 5.74) is 0.980. The van der Waals surface area contributed by atoms with Gasteiger partial charge in [0.25, 0.3) is 0 Å². The van der Waals surface area contributed by atoms with Gasteiger partial charge < -0.3 is 19.4 Å². The van der Waals surface area contributed by atoms with Crippen molar-refractivity contribution >= 4 is 29.0 Å². The number of amides is 1. The quantitative estimate of drug-likeness (QED) is 0.455. The Kier molecular flexibility index (Phi) is 6.87. The van der Waals surface area contributed by atoms with Crippen molar-refractivity contribution in [3.8, 4) is 11.5 Å². The molecule has 3 aromatic rings. The van der Waals surface area contributed by atoms with Crippen LogP contribution >= 0.6 is 23.1 Å². The van der Waals surface area contributed by atoms with Gasteiger partial charge in [-0.2, -0.15) is 0 Å². The molecule has 0 saturated heterocycles. The molecule has 5 rings (SSSR count). The van der Waals surface area contributed by atoms with Gasteiger partial charge in [0.05, 0.1) is 5.25 Å². The van der Waals surface area contributed by atoms with Gasteiger partial charge in [0, 0.05) is 23.9 Å². The van der Waals surface area contributed by atoms with Crippen molar-refractivity contribution in [3.05, 3.63) is 52.0 Å². The highest BCUT2D eigenvalue weighted by Gasteiger charge is 2.26. The van der Waals surface area contributed by atoms with Gasteiger partial charge in [0.15, 0.2) is 16.7 Å². The van der Waals surface area contributed by atoms with Gasteiger partial charge in [-0.25, -0.2) is 0 Å². The van der Waals surface area contributed by atoms with E-state index < -0.39 is 0 Å². The molecule has 1 amide bonds. The number of carbonyl (C=O) groups excluding carboxylic acids is 1. The first-order valence-corrected chi connectivity index (χ1v) is 13.2. The molecule has 0 unspecified atom stereocenters. The molecule has 0 bridgehead atoms. The number of fused-ring (bicyclic) bond motifs is 1. The molecular formula is C24H28N4O3S2. The van der Waals surface area contributed by atoms with Gasteiger partial charge in [-0.05, 0) is 48.9 Å². The van der Waals surface area contributed by atoms with E-state index in [9.17, 15) is 4.79 Å². The summed E-state index contributed by atoms with van der Waals surface area (Å²) in [6.45, 7) is 2.62. The Morgan fingerprint density at radius 3 is 2.88 bits per heavy atom. The maximum Gasteiger partial charge on any atom is 0.233 e. The average Bonchev–Trinajstić information content (AvgIpc) is 3.59. The van der Waals surface area contributed by atoms with Crippen molar-refractivity contribution in [2.75, 3.05) is 6.79 Å². The molecule has 1 aliphatic carbocycles. The zero-order valence-corrected chi connectivity index (χ0v) is 20.3. The monoisotopic (exact) mass is 484 g/mol. The number of nitrogens with one attached hydrogen (secondary N) is 1. The molecule has 1 atom stereocenters. The number of hydrogen-bond acceptors (Lipinski definition) is 7. The number of rotatable bonds is 8. The minimum absolute atomic E-state index is 0.0179. The van der Waals surface area contributed by atoms with Crippen LogP contribution in [0.3, 0.4) is 0 Å². The second-order valence-electron chi connectivity index (χ2n) is 8.48. The normalized spacial score (nSPS) is 16.6. The second-order valence-corrected chi connectivity index (χ2v) is 10.8. The lowest BCUT2D eigenvalue weighted by molar-refractivity contribution is -0.120. The predicted molar refractivity (Wildman–Crippen MR) is 129 cm³/mol. The maximum atomic E-state index is 12.9. The first-order chi connectivity index (χ1) is 16.2. The van der Waals surface area contributed by atoms with Crippen LogP contribution in [-0.4, -0.2) is 32.7 Å². The van der Waals surface area contributed by atoms with Gasteiger partial charge in [-0.1, -0.05) is 43.2 Å². The molecule has 0 spiro atoms. The first kappa shape index (κ1) is 22.3. The highest BCUT2D eigenvalue weighted by Crippen LogP contribution is 2.35. The topological polar surface area (TPSA) is 78.3 Å². The van der Waals surface area contributed by atoms with Crippen LogP contribution in [0.2, 0.25) is 0 Å². The number of thioether (sulfide) groups is 1. The average molecular weight is 485 g/mol. The Morgan fingerprint density at radius 2 is 2.06 bits per heavy atom. The van der Waals surface area contributed by atoms with Crippen LogP contribution in [0.4, 0.5) is 0 Å². The van der Waals surface area contributed by atoms with E-state index in [-0.39, 0.29) is 18.0 Å². The van der Waals surface area contributed by atoms with Gasteiger partial charge in [0.1, 0.15) is 5.82 Å². The number of thiophene rings is 1. The van der Waals surface area contributed by atoms with E-state index in [1.54, 1.807) is 11.3 Å². The SMILES string of the molecule is C[C@H](Sc1nnc(Cc2cccs2)n1C1CCCCC1)C(=O)NCc1ccc2c(c1)OCO2. The third-order valence-corrected chi connectivity index (χ3v) is 8.08. The van der Waals surface area contributed by atoms with E-state index in [1.165, 1.54) is 35.9 Å². The standard InChI is InChI=1S/C24H28N4O3S2/c1-16(23(29)25-14-17-9-10-20-21(12-17)31-15-30-20)33-24-27-26-22(13-19-8-5-11-32-19)28(24)18-6-3-2-4-7-18/h5,8-12,16,18H,2-4,6-7,13-15H2,1H3,(H,25,29)/t16-/m0/s1. The van der Waals surface area contributed by atoms with E-state index in [4.69, 9.17) is 9.47 Å². The second kappa shape index (κ2) is 10.2. The molecule has 1 aliphatic heterocycles. The maximum absolute atomic E-state index is 12.9. The van der Waals surface area contributed by atoms with Crippen molar-refractivity contribution in [1.29, 1.82) is 0 Å². The van der Waals surface area contributed by atoms with Crippen LogP contribution in [0.15, 0.2) is 40.9 Å². The van der Waals surface area contributed by atoms with Crippen molar-refractivity contribution in [1.82, 2.24) is 20.1 Å². The Morgan fingerprint density at radius 1 is 1.21 bits per heavy atom. The van der Waals surface area contributed by atoms with E-state index in [0.717, 1.165) is 47.3 Å². The Hall–Kier alpha value is -2.52. The molecular weight excluding hydrogens is 456 g/mol. The fourth-order valence-electron chi connectivity index (χ4n) is 4.38. The fraction of sp³-hybridized carbons (Fsp3) is 0.458. The number of ether oxygens (including phenoxy) is 2.